The van der Waals surface area contributed by atoms with Crippen LogP contribution in [-0.2, 0) is 16.2 Å². The number of ether oxygens (including phenoxy) is 1. The van der Waals surface area contributed by atoms with Gasteiger partial charge in [-0.05, 0) is 60.5 Å². The molecule has 0 aliphatic rings. The van der Waals surface area contributed by atoms with Crippen LogP contribution in [0.4, 0.5) is 5.69 Å². The molecule has 31 heavy (non-hydrogen) atoms. The minimum Gasteiger partial charge on any atom is -0.489 e. The second-order valence-electron chi connectivity index (χ2n) is 6.56. The SMILES string of the molecule is Cc1ccccc1NC(=O)C(=O)N/N=C\c1ccc(OCc2ccc(Cl)cc2Cl)cc1. The fourth-order valence-electron chi connectivity index (χ4n) is 2.56. The van der Waals surface area contributed by atoms with E-state index in [1.54, 1.807) is 48.5 Å². The molecule has 3 aromatic carbocycles. The van der Waals surface area contributed by atoms with Crippen LogP contribution in [0.25, 0.3) is 0 Å². The number of nitrogens with one attached hydrogen (secondary N) is 2. The number of para-hydroxylation sites is 1. The van der Waals surface area contributed by atoms with Gasteiger partial charge in [-0.15, -0.1) is 0 Å². The zero-order valence-corrected chi connectivity index (χ0v) is 18.1. The molecule has 3 rings (SSSR count). The number of benzene rings is 3. The highest BCUT2D eigenvalue weighted by molar-refractivity contribution is 6.39. The maximum Gasteiger partial charge on any atom is 0.329 e. The lowest BCUT2D eigenvalue weighted by atomic mass is 10.2. The van der Waals surface area contributed by atoms with Crippen molar-refractivity contribution in [2.24, 2.45) is 5.10 Å². The van der Waals surface area contributed by atoms with Gasteiger partial charge in [-0.25, -0.2) is 5.43 Å². The third-order valence-electron chi connectivity index (χ3n) is 4.27. The van der Waals surface area contributed by atoms with E-state index in [-0.39, 0.29) is 0 Å². The number of nitrogens with zero attached hydrogens (tertiary/aromatic N) is 1. The van der Waals surface area contributed by atoms with Gasteiger partial charge < -0.3 is 10.1 Å². The number of anilines is 1. The quantitative estimate of drug-likeness (QED) is 0.312. The van der Waals surface area contributed by atoms with Gasteiger partial charge in [-0.2, -0.15) is 5.10 Å². The number of rotatable bonds is 6. The molecule has 0 unspecified atom stereocenters. The fraction of sp³-hybridized carbons (Fsp3) is 0.0870. The van der Waals surface area contributed by atoms with Crippen LogP contribution in [0.15, 0.2) is 71.8 Å². The first-order valence-corrected chi connectivity index (χ1v) is 10.0. The van der Waals surface area contributed by atoms with E-state index in [0.717, 1.165) is 16.7 Å². The summed E-state index contributed by atoms with van der Waals surface area (Å²) in [5.74, 6) is -1.01. The second-order valence-corrected chi connectivity index (χ2v) is 7.41. The summed E-state index contributed by atoms with van der Waals surface area (Å²) < 4.78 is 5.71. The van der Waals surface area contributed by atoms with Gasteiger partial charge in [0.1, 0.15) is 12.4 Å². The van der Waals surface area contributed by atoms with E-state index in [1.807, 2.05) is 25.1 Å². The Morgan fingerprint density at radius 3 is 2.45 bits per heavy atom. The van der Waals surface area contributed by atoms with Crippen LogP contribution < -0.4 is 15.5 Å². The number of amides is 2. The predicted octanol–water partition coefficient (Wildman–Crippen LogP) is 4.97. The number of carbonyl (C=O) groups is 2. The lowest BCUT2D eigenvalue weighted by Gasteiger charge is -2.08. The van der Waals surface area contributed by atoms with Crippen molar-refractivity contribution in [1.29, 1.82) is 0 Å². The molecular weight excluding hydrogens is 437 g/mol. The highest BCUT2D eigenvalue weighted by atomic mass is 35.5. The molecule has 158 valence electrons. The molecule has 0 fully saturated rings. The number of aryl methyl sites for hydroxylation is 1. The molecule has 0 aliphatic heterocycles. The van der Waals surface area contributed by atoms with Crippen molar-refractivity contribution in [2.75, 3.05) is 5.32 Å². The summed E-state index contributed by atoms with van der Waals surface area (Å²) in [6.07, 6.45) is 1.43. The Balaban J connectivity index is 1.49. The van der Waals surface area contributed by atoms with E-state index in [4.69, 9.17) is 27.9 Å². The van der Waals surface area contributed by atoms with Crippen LogP contribution in [0, 0.1) is 6.92 Å². The van der Waals surface area contributed by atoms with Crippen molar-refractivity contribution < 1.29 is 14.3 Å². The van der Waals surface area contributed by atoms with Crippen LogP contribution >= 0.6 is 23.2 Å². The molecule has 0 aromatic heterocycles. The van der Waals surface area contributed by atoms with Crippen molar-refractivity contribution in [2.45, 2.75) is 13.5 Å². The minimum absolute atomic E-state index is 0.301. The van der Waals surface area contributed by atoms with Crippen LogP contribution in [0.5, 0.6) is 5.75 Å². The standard InChI is InChI=1S/C23H19Cl2N3O3/c1-15-4-2-3-5-21(15)27-22(29)23(30)28-26-13-16-6-10-19(11-7-16)31-14-17-8-9-18(24)12-20(17)25/h2-13H,14H2,1H3,(H,27,29)(H,28,30)/b26-13-. The van der Waals surface area contributed by atoms with E-state index in [0.29, 0.717) is 28.1 Å². The average Bonchev–Trinajstić information content (AvgIpc) is 2.75. The highest BCUT2D eigenvalue weighted by Crippen LogP contribution is 2.22. The molecule has 0 bridgehead atoms. The van der Waals surface area contributed by atoms with Crippen molar-refractivity contribution in [3.8, 4) is 5.75 Å². The first-order valence-electron chi connectivity index (χ1n) is 9.29. The maximum absolute atomic E-state index is 12.0. The van der Waals surface area contributed by atoms with Gasteiger partial charge >= 0.3 is 11.8 Å². The summed E-state index contributed by atoms with van der Waals surface area (Å²) in [6.45, 7) is 2.14. The minimum atomic E-state index is -0.862. The molecule has 2 amide bonds. The monoisotopic (exact) mass is 455 g/mol. The van der Waals surface area contributed by atoms with Crippen LogP contribution in [0.2, 0.25) is 10.0 Å². The molecule has 0 atom stereocenters. The predicted molar refractivity (Wildman–Crippen MR) is 123 cm³/mol. The van der Waals surface area contributed by atoms with E-state index >= 15 is 0 Å². The normalized spacial score (nSPS) is 10.7. The van der Waals surface area contributed by atoms with Crippen molar-refractivity contribution in [3.05, 3.63) is 93.5 Å². The van der Waals surface area contributed by atoms with E-state index < -0.39 is 11.8 Å². The molecular formula is C23H19Cl2N3O3. The van der Waals surface area contributed by atoms with E-state index in [9.17, 15) is 9.59 Å². The third kappa shape index (κ3) is 6.57. The Morgan fingerprint density at radius 1 is 1.00 bits per heavy atom. The van der Waals surface area contributed by atoms with Crippen molar-refractivity contribution in [3.63, 3.8) is 0 Å². The highest BCUT2D eigenvalue weighted by Gasteiger charge is 2.13. The average molecular weight is 456 g/mol. The summed E-state index contributed by atoms with van der Waals surface area (Å²) in [5, 5.41) is 7.46. The third-order valence-corrected chi connectivity index (χ3v) is 4.86. The first-order chi connectivity index (χ1) is 14.9. The zero-order chi connectivity index (χ0) is 22.2. The summed E-state index contributed by atoms with van der Waals surface area (Å²) in [7, 11) is 0. The van der Waals surface area contributed by atoms with Crippen LogP contribution in [0.1, 0.15) is 16.7 Å². The smallest absolute Gasteiger partial charge is 0.329 e. The summed E-state index contributed by atoms with van der Waals surface area (Å²) in [6, 6.07) is 19.5. The van der Waals surface area contributed by atoms with Crippen molar-refractivity contribution in [1.82, 2.24) is 5.43 Å². The molecule has 3 aromatic rings. The molecule has 0 saturated heterocycles. The fourth-order valence-corrected chi connectivity index (χ4v) is 3.02. The molecule has 6 nitrogen and oxygen atoms in total. The lowest BCUT2D eigenvalue weighted by molar-refractivity contribution is -0.136. The second kappa shape index (κ2) is 10.6. The molecule has 0 radical (unpaired) electrons. The number of hydrogen-bond donors (Lipinski definition) is 2. The summed E-state index contributed by atoms with van der Waals surface area (Å²) in [5.41, 5.74) is 5.17. The number of hydrazone groups is 1. The molecule has 0 spiro atoms. The largest absolute Gasteiger partial charge is 0.489 e. The van der Waals surface area contributed by atoms with E-state index in [1.165, 1.54) is 6.21 Å². The van der Waals surface area contributed by atoms with Crippen LogP contribution in [-0.4, -0.2) is 18.0 Å². The van der Waals surface area contributed by atoms with Gasteiger partial charge in [0.2, 0.25) is 0 Å². The molecule has 0 heterocycles. The van der Waals surface area contributed by atoms with Gasteiger partial charge in [0.05, 0.1) is 6.21 Å². The first kappa shape index (κ1) is 22.3. The van der Waals surface area contributed by atoms with Crippen molar-refractivity contribution >= 4 is 46.9 Å². The Bertz CT molecular complexity index is 1120. The molecule has 2 N–H and O–H groups in total. The number of hydrogen-bond acceptors (Lipinski definition) is 4. The lowest BCUT2D eigenvalue weighted by Crippen LogP contribution is -2.32. The maximum atomic E-state index is 12.0. The Kier molecular flexibility index (Phi) is 7.65. The summed E-state index contributed by atoms with van der Waals surface area (Å²) in [4.78, 5) is 23.8. The Labute approximate surface area is 189 Å². The zero-order valence-electron chi connectivity index (χ0n) is 16.6. The molecule has 0 aliphatic carbocycles. The van der Waals surface area contributed by atoms with Gasteiger partial charge in [-0.3, -0.25) is 9.59 Å². The van der Waals surface area contributed by atoms with Crippen LogP contribution in [0.3, 0.4) is 0 Å². The molecule has 8 heteroatoms. The Hall–Kier alpha value is -3.35. The topological polar surface area (TPSA) is 79.8 Å². The van der Waals surface area contributed by atoms with Gasteiger partial charge in [0, 0.05) is 21.3 Å². The number of carbonyl (C=O) groups excluding carboxylic acids is 2. The Morgan fingerprint density at radius 2 is 1.74 bits per heavy atom. The summed E-state index contributed by atoms with van der Waals surface area (Å²) >= 11 is 12.0. The number of halogens is 2. The molecule has 0 saturated carbocycles. The van der Waals surface area contributed by atoms with E-state index in [2.05, 4.69) is 15.8 Å². The van der Waals surface area contributed by atoms with Gasteiger partial charge in [-0.1, -0.05) is 47.5 Å². The van der Waals surface area contributed by atoms with Gasteiger partial charge in [0.15, 0.2) is 0 Å². The van der Waals surface area contributed by atoms with Gasteiger partial charge in [0.25, 0.3) is 0 Å².